The molecule has 1 aromatic rings. The number of thiophene rings is 1. The van der Waals surface area contributed by atoms with Gasteiger partial charge < -0.3 is 5.32 Å². The molecule has 2 heterocycles. The van der Waals surface area contributed by atoms with Gasteiger partial charge in [-0.25, -0.2) is 0 Å². The van der Waals surface area contributed by atoms with E-state index in [1.54, 1.807) is 11.3 Å². The van der Waals surface area contributed by atoms with Crippen LogP contribution in [0.3, 0.4) is 0 Å². The molecular formula is C9H12N2OS. The number of carbonyl (C=O) groups is 1. The highest BCUT2D eigenvalue weighted by Crippen LogP contribution is 2.20. The molecule has 3 nitrogen and oxygen atoms in total. The standard InChI is InChI=1S/C9H12N2OS/c1-6-5-10-8(9(12)11-6)7-3-2-4-13-7/h2-4,6,8,10H,5H2,1H3,(H,11,12)/t6-,8-/m1/s1. The van der Waals surface area contributed by atoms with Gasteiger partial charge in [0.15, 0.2) is 0 Å². The molecule has 0 aromatic carbocycles. The van der Waals surface area contributed by atoms with Gasteiger partial charge in [0.25, 0.3) is 0 Å². The Balaban J connectivity index is 2.13. The van der Waals surface area contributed by atoms with E-state index >= 15 is 0 Å². The van der Waals surface area contributed by atoms with Gasteiger partial charge in [-0.1, -0.05) is 6.07 Å². The summed E-state index contributed by atoms with van der Waals surface area (Å²) in [6.07, 6.45) is 0. The molecule has 4 heteroatoms. The SMILES string of the molecule is C[C@@H]1CN[C@H](c2cccs2)C(=O)N1. The highest BCUT2D eigenvalue weighted by molar-refractivity contribution is 7.10. The van der Waals surface area contributed by atoms with E-state index in [1.165, 1.54) is 0 Å². The third kappa shape index (κ3) is 1.73. The highest BCUT2D eigenvalue weighted by Gasteiger charge is 2.26. The van der Waals surface area contributed by atoms with Crippen molar-refractivity contribution in [3.8, 4) is 0 Å². The van der Waals surface area contributed by atoms with Gasteiger partial charge in [0.2, 0.25) is 5.91 Å². The zero-order chi connectivity index (χ0) is 9.26. The van der Waals surface area contributed by atoms with E-state index in [2.05, 4.69) is 10.6 Å². The molecule has 13 heavy (non-hydrogen) atoms. The average Bonchev–Trinajstić information content (AvgIpc) is 2.56. The van der Waals surface area contributed by atoms with Crippen LogP contribution in [0.5, 0.6) is 0 Å². The Bertz CT molecular complexity index is 297. The molecule has 1 fully saturated rings. The second-order valence-electron chi connectivity index (χ2n) is 3.27. The van der Waals surface area contributed by atoms with Gasteiger partial charge in [0, 0.05) is 17.5 Å². The molecule has 1 saturated heterocycles. The van der Waals surface area contributed by atoms with E-state index in [-0.39, 0.29) is 18.0 Å². The topological polar surface area (TPSA) is 41.1 Å². The molecule has 1 aliphatic rings. The summed E-state index contributed by atoms with van der Waals surface area (Å²) in [5.41, 5.74) is 0. The maximum absolute atomic E-state index is 11.5. The van der Waals surface area contributed by atoms with Crippen LogP contribution in [-0.4, -0.2) is 18.5 Å². The summed E-state index contributed by atoms with van der Waals surface area (Å²) in [7, 11) is 0. The van der Waals surface area contributed by atoms with Crippen molar-refractivity contribution in [3.63, 3.8) is 0 Å². The summed E-state index contributed by atoms with van der Waals surface area (Å²) < 4.78 is 0. The lowest BCUT2D eigenvalue weighted by molar-refractivity contribution is -0.125. The van der Waals surface area contributed by atoms with Crippen LogP contribution in [0, 0.1) is 0 Å². The third-order valence-electron chi connectivity index (χ3n) is 2.11. The van der Waals surface area contributed by atoms with Crippen LogP contribution >= 0.6 is 11.3 Å². The van der Waals surface area contributed by atoms with E-state index in [1.807, 2.05) is 24.4 Å². The van der Waals surface area contributed by atoms with E-state index in [4.69, 9.17) is 0 Å². The maximum Gasteiger partial charge on any atom is 0.242 e. The fourth-order valence-corrected chi connectivity index (χ4v) is 2.25. The number of nitrogens with one attached hydrogen (secondary N) is 2. The van der Waals surface area contributed by atoms with Crippen molar-refractivity contribution in [2.75, 3.05) is 6.54 Å². The van der Waals surface area contributed by atoms with E-state index in [0.29, 0.717) is 0 Å². The first kappa shape index (κ1) is 8.72. The Labute approximate surface area is 81.2 Å². The van der Waals surface area contributed by atoms with Crippen molar-refractivity contribution in [3.05, 3.63) is 22.4 Å². The van der Waals surface area contributed by atoms with Crippen LogP contribution < -0.4 is 10.6 Å². The summed E-state index contributed by atoms with van der Waals surface area (Å²) in [6, 6.07) is 4.05. The summed E-state index contributed by atoms with van der Waals surface area (Å²) in [5, 5.41) is 8.13. The molecule has 70 valence electrons. The minimum atomic E-state index is -0.142. The zero-order valence-corrected chi connectivity index (χ0v) is 8.23. The number of rotatable bonds is 1. The predicted octanol–water partition coefficient (Wildman–Crippen LogP) is 0.897. The van der Waals surface area contributed by atoms with Gasteiger partial charge in [0.05, 0.1) is 0 Å². The van der Waals surface area contributed by atoms with Crippen LogP contribution in [0.25, 0.3) is 0 Å². The lowest BCUT2D eigenvalue weighted by atomic mass is 10.1. The molecule has 1 aliphatic heterocycles. The summed E-state index contributed by atoms with van der Waals surface area (Å²) in [6.45, 7) is 2.84. The summed E-state index contributed by atoms with van der Waals surface area (Å²) in [5.74, 6) is 0.0844. The van der Waals surface area contributed by atoms with E-state index < -0.39 is 0 Å². The molecule has 0 saturated carbocycles. The number of hydrogen-bond acceptors (Lipinski definition) is 3. The van der Waals surface area contributed by atoms with E-state index in [0.717, 1.165) is 11.4 Å². The molecule has 0 aliphatic carbocycles. The van der Waals surface area contributed by atoms with Gasteiger partial charge >= 0.3 is 0 Å². The third-order valence-corrected chi connectivity index (χ3v) is 3.04. The van der Waals surface area contributed by atoms with Crippen molar-refractivity contribution >= 4 is 17.2 Å². The Hall–Kier alpha value is -0.870. The Kier molecular flexibility index (Phi) is 2.33. The quantitative estimate of drug-likeness (QED) is 0.700. The molecule has 1 amide bonds. The van der Waals surface area contributed by atoms with Gasteiger partial charge in [-0.3, -0.25) is 10.1 Å². The molecule has 2 N–H and O–H groups in total. The Morgan fingerprint density at radius 3 is 3.08 bits per heavy atom. The molecule has 0 unspecified atom stereocenters. The maximum atomic E-state index is 11.5. The van der Waals surface area contributed by atoms with Crippen molar-refractivity contribution in [1.29, 1.82) is 0 Å². The molecule has 2 rings (SSSR count). The monoisotopic (exact) mass is 196 g/mol. The number of carbonyl (C=O) groups excluding carboxylic acids is 1. The summed E-state index contributed by atoms with van der Waals surface area (Å²) in [4.78, 5) is 12.6. The van der Waals surface area contributed by atoms with E-state index in [9.17, 15) is 4.79 Å². The van der Waals surface area contributed by atoms with Crippen molar-refractivity contribution in [2.45, 2.75) is 19.0 Å². The Morgan fingerprint density at radius 2 is 2.46 bits per heavy atom. The molecule has 2 atom stereocenters. The fraction of sp³-hybridized carbons (Fsp3) is 0.444. The smallest absolute Gasteiger partial charge is 0.242 e. The van der Waals surface area contributed by atoms with Gasteiger partial charge in [-0.05, 0) is 18.4 Å². The van der Waals surface area contributed by atoms with Crippen molar-refractivity contribution in [2.24, 2.45) is 0 Å². The first-order chi connectivity index (χ1) is 6.27. The second kappa shape index (κ2) is 3.47. The molecular weight excluding hydrogens is 184 g/mol. The number of hydrogen-bond donors (Lipinski definition) is 2. The molecule has 0 bridgehead atoms. The van der Waals surface area contributed by atoms with Gasteiger partial charge in [-0.2, -0.15) is 0 Å². The first-order valence-corrected chi connectivity index (χ1v) is 5.22. The highest BCUT2D eigenvalue weighted by atomic mass is 32.1. The van der Waals surface area contributed by atoms with Crippen molar-refractivity contribution < 1.29 is 4.79 Å². The lowest BCUT2D eigenvalue weighted by Crippen LogP contribution is -2.52. The van der Waals surface area contributed by atoms with Gasteiger partial charge in [0.1, 0.15) is 6.04 Å². The largest absolute Gasteiger partial charge is 0.351 e. The van der Waals surface area contributed by atoms with Crippen LogP contribution in [0.4, 0.5) is 0 Å². The number of amides is 1. The lowest BCUT2D eigenvalue weighted by Gasteiger charge is -2.27. The minimum Gasteiger partial charge on any atom is -0.351 e. The predicted molar refractivity (Wildman–Crippen MR) is 52.7 cm³/mol. The average molecular weight is 196 g/mol. The number of piperazine rings is 1. The van der Waals surface area contributed by atoms with Gasteiger partial charge in [-0.15, -0.1) is 11.3 Å². The van der Waals surface area contributed by atoms with Crippen LogP contribution in [0.2, 0.25) is 0 Å². The molecule has 0 radical (unpaired) electrons. The van der Waals surface area contributed by atoms with Crippen LogP contribution in [0.1, 0.15) is 17.8 Å². The summed E-state index contributed by atoms with van der Waals surface area (Å²) >= 11 is 1.61. The van der Waals surface area contributed by atoms with Crippen molar-refractivity contribution in [1.82, 2.24) is 10.6 Å². The van der Waals surface area contributed by atoms with Crippen LogP contribution in [0.15, 0.2) is 17.5 Å². The van der Waals surface area contributed by atoms with Crippen LogP contribution in [-0.2, 0) is 4.79 Å². The molecule has 0 spiro atoms. The fourth-order valence-electron chi connectivity index (χ4n) is 1.45. The second-order valence-corrected chi connectivity index (χ2v) is 4.25. The first-order valence-electron chi connectivity index (χ1n) is 4.34. The zero-order valence-electron chi connectivity index (χ0n) is 7.41. The minimum absolute atomic E-state index is 0.0844. The molecule has 1 aromatic heterocycles. The Morgan fingerprint density at radius 1 is 1.62 bits per heavy atom. The normalized spacial score (nSPS) is 28.5.